The molecule has 1 unspecified atom stereocenters. The van der Waals surface area contributed by atoms with E-state index >= 15 is 0 Å². The molecule has 0 saturated heterocycles. The molecular formula is C10H17NO2S2. The molecule has 1 rings (SSSR count). The summed E-state index contributed by atoms with van der Waals surface area (Å²) in [6.07, 6.45) is 2.06. The lowest BCUT2D eigenvalue weighted by molar-refractivity contribution is 0.545. The highest BCUT2D eigenvalue weighted by atomic mass is 32.2. The van der Waals surface area contributed by atoms with Crippen molar-refractivity contribution >= 4 is 21.2 Å². The van der Waals surface area contributed by atoms with Crippen molar-refractivity contribution in [1.82, 2.24) is 5.32 Å². The van der Waals surface area contributed by atoms with Crippen LogP contribution in [0.3, 0.4) is 0 Å². The smallest absolute Gasteiger partial charge is 0.148 e. The van der Waals surface area contributed by atoms with Crippen molar-refractivity contribution in [3.63, 3.8) is 0 Å². The Balaban J connectivity index is 2.58. The molecule has 0 fully saturated rings. The fraction of sp³-hybridized carbons (Fsp3) is 0.600. The van der Waals surface area contributed by atoms with E-state index in [9.17, 15) is 8.42 Å². The Morgan fingerprint density at radius 2 is 2.27 bits per heavy atom. The van der Waals surface area contributed by atoms with Gasteiger partial charge in [-0.2, -0.15) is 11.3 Å². The van der Waals surface area contributed by atoms with Crippen LogP contribution in [0, 0.1) is 0 Å². The van der Waals surface area contributed by atoms with Crippen LogP contribution < -0.4 is 5.32 Å². The van der Waals surface area contributed by atoms with Gasteiger partial charge in [0, 0.05) is 12.3 Å². The van der Waals surface area contributed by atoms with Crippen molar-refractivity contribution in [2.24, 2.45) is 0 Å². The van der Waals surface area contributed by atoms with Gasteiger partial charge in [-0.25, -0.2) is 8.42 Å². The highest BCUT2D eigenvalue weighted by Crippen LogP contribution is 2.09. The van der Waals surface area contributed by atoms with E-state index in [1.54, 1.807) is 11.3 Å². The highest BCUT2D eigenvalue weighted by Gasteiger charge is 2.14. The van der Waals surface area contributed by atoms with Crippen molar-refractivity contribution < 1.29 is 8.42 Å². The molecule has 3 nitrogen and oxygen atoms in total. The van der Waals surface area contributed by atoms with Crippen molar-refractivity contribution in [3.05, 3.63) is 22.4 Å². The summed E-state index contributed by atoms with van der Waals surface area (Å²) >= 11 is 1.64. The normalized spacial score (nSPS) is 14.0. The van der Waals surface area contributed by atoms with Crippen LogP contribution in [0.15, 0.2) is 16.8 Å². The Bertz CT molecular complexity index is 370. The molecule has 1 aromatic rings. The minimum atomic E-state index is -2.91. The number of hydrogen-bond acceptors (Lipinski definition) is 4. The zero-order chi connectivity index (χ0) is 11.3. The Labute approximate surface area is 95.4 Å². The second-order valence-electron chi connectivity index (χ2n) is 3.68. The first-order chi connectivity index (χ1) is 7.01. The molecule has 86 valence electrons. The molecule has 0 aliphatic carbocycles. The van der Waals surface area contributed by atoms with Gasteiger partial charge in [0.15, 0.2) is 0 Å². The predicted molar refractivity (Wildman–Crippen MR) is 65.2 cm³/mol. The molecule has 0 bridgehead atoms. The van der Waals surface area contributed by atoms with Crippen molar-refractivity contribution in [2.45, 2.75) is 19.4 Å². The van der Waals surface area contributed by atoms with Crippen LogP contribution in [-0.2, 0) is 16.3 Å². The Morgan fingerprint density at radius 3 is 2.73 bits per heavy atom. The van der Waals surface area contributed by atoms with Crippen LogP contribution >= 0.6 is 11.3 Å². The Kier molecular flexibility index (Phi) is 4.76. The lowest BCUT2D eigenvalue weighted by atomic mass is 10.1. The molecule has 0 spiro atoms. The SMILES string of the molecule is CCNC(Cc1ccsc1)CS(C)(=O)=O. The Hall–Kier alpha value is -0.390. The molecule has 1 N–H and O–H groups in total. The third-order valence-electron chi connectivity index (χ3n) is 2.06. The molecule has 15 heavy (non-hydrogen) atoms. The standard InChI is InChI=1S/C10H17NO2S2/c1-3-11-10(8-15(2,12)13)6-9-4-5-14-7-9/h4-5,7,10-11H,3,6,8H2,1-2H3. The van der Waals surface area contributed by atoms with Crippen LogP contribution in [0.5, 0.6) is 0 Å². The number of sulfone groups is 1. The van der Waals surface area contributed by atoms with Crippen molar-refractivity contribution in [2.75, 3.05) is 18.6 Å². The van der Waals surface area contributed by atoms with Crippen LogP contribution in [0.4, 0.5) is 0 Å². The number of rotatable bonds is 6. The molecule has 1 aromatic heterocycles. The van der Waals surface area contributed by atoms with Crippen molar-refractivity contribution in [1.29, 1.82) is 0 Å². The second-order valence-corrected chi connectivity index (χ2v) is 6.65. The molecule has 0 amide bonds. The van der Waals surface area contributed by atoms with Gasteiger partial charge >= 0.3 is 0 Å². The van der Waals surface area contributed by atoms with Gasteiger partial charge in [0.25, 0.3) is 0 Å². The van der Waals surface area contributed by atoms with Crippen LogP contribution in [-0.4, -0.2) is 33.0 Å². The van der Waals surface area contributed by atoms with Gasteiger partial charge in [-0.1, -0.05) is 6.92 Å². The quantitative estimate of drug-likeness (QED) is 0.824. The first-order valence-corrected chi connectivity index (χ1v) is 7.94. The first kappa shape index (κ1) is 12.7. The van der Waals surface area contributed by atoms with E-state index in [0.717, 1.165) is 13.0 Å². The third-order valence-corrected chi connectivity index (χ3v) is 3.80. The van der Waals surface area contributed by atoms with E-state index in [0.29, 0.717) is 0 Å². The summed E-state index contributed by atoms with van der Waals surface area (Å²) in [7, 11) is -2.91. The van der Waals surface area contributed by atoms with Crippen LogP contribution in [0.25, 0.3) is 0 Å². The van der Waals surface area contributed by atoms with E-state index in [1.165, 1.54) is 11.8 Å². The molecule has 0 aliphatic rings. The minimum absolute atomic E-state index is 0.0274. The minimum Gasteiger partial charge on any atom is -0.313 e. The van der Waals surface area contributed by atoms with Crippen molar-refractivity contribution in [3.8, 4) is 0 Å². The predicted octanol–water partition coefficient (Wildman–Crippen LogP) is 1.31. The highest BCUT2D eigenvalue weighted by molar-refractivity contribution is 7.90. The maximum atomic E-state index is 11.2. The average molecular weight is 247 g/mol. The number of hydrogen-bond donors (Lipinski definition) is 1. The number of thiophene rings is 1. The molecule has 5 heteroatoms. The topological polar surface area (TPSA) is 46.2 Å². The van der Waals surface area contributed by atoms with E-state index < -0.39 is 9.84 Å². The second kappa shape index (κ2) is 5.63. The molecule has 1 atom stereocenters. The maximum absolute atomic E-state index is 11.2. The van der Waals surface area contributed by atoms with Gasteiger partial charge in [-0.3, -0.25) is 0 Å². The largest absolute Gasteiger partial charge is 0.313 e. The van der Waals surface area contributed by atoms with E-state index in [-0.39, 0.29) is 11.8 Å². The molecule has 1 heterocycles. The third kappa shape index (κ3) is 5.30. The summed E-state index contributed by atoms with van der Waals surface area (Å²) in [6.45, 7) is 2.78. The van der Waals surface area contributed by atoms with E-state index in [4.69, 9.17) is 0 Å². The number of nitrogens with one attached hydrogen (secondary N) is 1. The Morgan fingerprint density at radius 1 is 1.53 bits per heavy atom. The fourth-order valence-corrected chi connectivity index (χ4v) is 3.19. The molecule has 0 aromatic carbocycles. The van der Waals surface area contributed by atoms with Gasteiger partial charge in [0.05, 0.1) is 5.75 Å². The van der Waals surface area contributed by atoms with Gasteiger partial charge in [0.2, 0.25) is 0 Å². The monoisotopic (exact) mass is 247 g/mol. The molecule has 0 radical (unpaired) electrons. The van der Waals surface area contributed by atoms with E-state index in [2.05, 4.69) is 10.7 Å². The first-order valence-electron chi connectivity index (χ1n) is 4.93. The zero-order valence-corrected chi connectivity index (χ0v) is 10.7. The summed E-state index contributed by atoms with van der Waals surface area (Å²) in [5, 5.41) is 7.28. The van der Waals surface area contributed by atoms with Crippen LogP contribution in [0.1, 0.15) is 12.5 Å². The molecular weight excluding hydrogens is 230 g/mol. The van der Waals surface area contributed by atoms with Gasteiger partial charge in [-0.05, 0) is 35.4 Å². The summed E-state index contributed by atoms with van der Waals surface area (Å²) in [6, 6.07) is 2.07. The molecule has 0 aliphatic heterocycles. The van der Waals surface area contributed by atoms with Gasteiger partial charge < -0.3 is 5.32 Å². The van der Waals surface area contributed by atoms with Gasteiger partial charge in [-0.15, -0.1) is 0 Å². The summed E-state index contributed by atoms with van der Waals surface area (Å²) in [5.41, 5.74) is 1.20. The van der Waals surface area contributed by atoms with E-state index in [1.807, 2.05) is 18.4 Å². The van der Waals surface area contributed by atoms with Crippen LogP contribution in [0.2, 0.25) is 0 Å². The lowest BCUT2D eigenvalue weighted by Crippen LogP contribution is -2.37. The summed E-state index contributed by atoms with van der Waals surface area (Å²) in [4.78, 5) is 0. The summed E-state index contributed by atoms with van der Waals surface area (Å²) in [5.74, 6) is 0.205. The summed E-state index contributed by atoms with van der Waals surface area (Å²) < 4.78 is 22.4. The lowest BCUT2D eigenvalue weighted by Gasteiger charge is -2.15. The average Bonchev–Trinajstić information content (AvgIpc) is 2.54. The number of likely N-dealkylation sites (N-methyl/N-ethyl adjacent to an activating group) is 1. The zero-order valence-electron chi connectivity index (χ0n) is 9.06. The fourth-order valence-electron chi connectivity index (χ4n) is 1.54. The maximum Gasteiger partial charge on any atom is 0.148 e. The molecule has 0 saturated carbocycles. The van der Waals surface area contributed by atoms with Gasteiger partial charge in [0.1, 0.15) is 9.84 Å².